The first-order valence-corrected chi connectivity index (χ1v) is 7.23. The Morgan fingerprint density at radius 1 is 1.11 bits per heavy atom. The number of alkyl halides is 1. The maximum Gasteiger partial charge on any atom is 0.119 e. The van der Waals surface area contributed by atoms with Gasteiger partial charge >= 0.3 is 0 Å². The van der Waals surface area contributed by atoms with Crippen LogP contribution in [0.5, 0.6) is 5.75 Å². The van der Waals surface area contributed by atoms with Gasteiger partial charge in [-0.25, -0.2) is 0 Å². The van der Waals surface area contributed by atoms with Gasteiger partial charge < -0.3 is 4.74 Å². The zero-order chi connectivity index (χ0) is 12.6. The molecule has 1 aromatic rings. The largest absolute Gasteiger partial charge is 0.490 e. The maximum atomic E-state index is 5.97. The van der Waals surface area contributed by atoms with Gasteiger partial charge in [0.2, 0.25) is 0 Å². The number of benzene rings is 1. The monoisotopic (exact) mass is 262 g/mol. The third-order valence-electron chi connectivity index (χ3n) is 3.16. The van der Waals surface area contributed by atoms with E-state index in [0.29, 0.717) is 12.0 Å². The molecule has 1 saturated carbocycles. The number of ether oxygens (including phenoxy) is 1. The highest BCUT2D eigenvalue weighted by Gasteiger charge is 2.14. The van der Waals surface area contributed by atoms with Crippen LogP contribution in [0.3, 0.4) is 0 Å². The van der Waals surface area contributed by atoms with Crippen LogP contribution in [0.25, 0.3) is 0 Å². The number of hydrogen-bond donors (Lipinski definition) is 0. The number of hydrogen-bond acceptors (Lipinski definition) is 1. The molecule has 0 amide bonds. The Bertz CT molecular complexity index is 407. The first-order chi connectivity index (χ1) is 8.88. The molecule has 1 aromatic carbocycles. The number of halogens is 1. The topological polar surface area (TPSA) is 9.23 Å². The van der Waals surface area contributed by atoms with E-state index in [0.717, 1.165) is 17.7 Å². The molecule has 0 radical (unpaired) electrons. The Hall–Kier alpha value is -1.13. The van der Waals surface area contributed by atoms with Crippen LogP contribution >= 0.6 is 11.6 Å². The van der Waals surface area contributed by atoms with Crippen LogP contribution in [0.4, 0.5) is 0 Å². The van der Waals surface area contributed by atoms with Crippen molar-refractivity contribution in [1.29, 1.82) is 0 Å². The molecule has 2 rings (SSSR count). The molecular weight excluding hydrogens is 244 g/mol. The van der Waals surface area contributed by atoms with Crippen LogP contribution in [0.1, 0.15) is 44.1 Å². The van der Waals surface area contributed by atoms with Gasteiger partial charge in [0, 0.05) is 17.9 Å². The van der Waals surface area contributed by atoms with Crippen molar-refractivity contribution in [2.24, 2.45) is 0 Å². The van der Waals surface area contributed by atoms with Gasteiger partial charge in [0.15, 0.2) is 0 Å². The van der Waals surface area contributed by atoms with Gasteiger partial charge in [-0.05, 0) is 49.9 Å². The minimum atomic E-state index is 0.409. The Morgan fingerprint density at radius 3 is 2.50 bits per heavy atom. The maximum absolute atomic E-state index is 5.97. The first-order valence-electron chi connectivity index (χ1n) is 6.70. The predicted molar refractivity (Wildman–Crippen MR) is 76.2 cm³/mol. The lowest BCUT2D eigenvalue weighted by Gasteiger charge is -2.22. The molecular formula is C16H19ClO. The fourth-order valence-corrected chi connectivity index (χ4v) is 2.30. The van der Waals surface area contributed by atoms with Crippen molar-refractivity contribution in [2.75, 3.05) is 5.88 Å². The third-order valence-corrected chi connectivity index (χ3v) is 3.35. The lowest BCUT2D eigenvalue weighted by Crippen LogP contribution is -2.19. The van der Waals surface area contributed by atoms with Gasteiger partial charge in [-0.15, -0.1) is 11.6 Å². The molecule has 2 heteroatoms. The molecule has 0 saturated heterocycles. The summed E-state index contributed by atoms with van der Waals surface area (Å²) in [5.74, 6) is 7.67. The normalized spacial score (nSPS) is 15.8. The Labute approximate surface area is 114 Å². The highest BCUT2D eigenvalue weighted by molar-refractivity contribution is 6.18. The second kappa shape index (κ2) is 7.34. The van der Waals surface area contributed by atoms with Gasteiger partial charge in [-0.1, -0.05) is 18.3 Å². The Balaban J connectivity index is 1.89. The van der Waals surface area contributed by atoms with Crippen LogP contribution in [-0.2, 0) is 0 Å². The quantitative estimate of drug-likeness (QED) is 0.580. The first kappa shape index (κ1) is 13.3. The average Bonchev–Trinajstić information content (AvgIpc) is 2.42. The van der Waals surface area contributed by atoms with Gasteiger partial charge in [0.25, 0.3) is 0 Å². The summed E-state index contributed by atoms with van der Waals surface area (Å²) in [6.07, 6.45) is 7.48. The highest BCUT2D eigenvalue weighted by Crippen LogP contribution is 2.23. The van der Waals surface area contributed by atoms with E-state index >= 15 is 0 Å². The van der Waals surface area contributed by atoms with E-state index in [1.807, 2.05) is 24.3 Å². The smallest absolute Gasteiger partial charge is 0.119 e. The SMILES string of the molecule is ClCCC#Cc1ccc(OC2CCCCC2)cc1. The van der Waals surface area contributed by atoms with Crippen molar-refractivity contribution in [2.45, 2.75) is 44.6 Å². The van der Waals surface area contributed by atoms with Crippen LogP contribution in [-0.4, -0.2) is 12.0 Å². The van der Waals surface area contributed by atoms with Gasteiger partial charge in [0.1, 0.15) is 5.75 Å². The summed E-state index contributed by atoms with van der Waals surface area (Å²) in [6, 6.07) is 8.05. The minimum absolute atomic E-state index is 0.409. The van der Waals surface area contributed by atoms with E-state index in [1.165, 1.54) is 32.1 Å². The molecule has 1 aliphatic rings. The summed E-state index contributed by atoms with van der Waals surface area (Å²) in [5, 5.41) is 0. The lowest BCUT2D eigenvalue weighted by molar-refractivity contribution is 0.155. The average molecular weight is 263 g/mol. The predicted octanol–water partition coefficient (Wildman–Crippen LogP) is 4.38. The van der Waals surface area contributed by atoms with Crippen molar-refractivity contribution >= 4 is 11.6 Å². The molecule has 1 aliphatic carbocycles. The van der Waals surface area contributed by atoms with Crippen molar-refractivity contribution in [3.8, 4) is 17.6 Å². The van der Waals surface area contributed by atoms with Crippen molar-refractivity contribution < 1.29 is 4.74 Å². The summed E-state index contributed by atoms with van der Waals surface area (Å²) in [5.41, 5.74) is 1.02. The Kier molecular flexibility index (Phi) is 5.42. The van der Waals surface area contributed by atoms with Crippen LogP contribution < -0.4 is 4.74 Å². The van der Waals surface area contributed by atoms with Crippen molar-refractivity contribution in [1.82, 2.24) is 0 Å². The molecule has 0 aliphatic heterocycles. The molecule has 0 heterocycles. The standard InChI is InChI=1S/C16H19ClO/c17-13-5-4-6-14-9-11-16(12-10-14)18-15-7-2-1-3-8-15/h9-12,15H,1-3,5,7-8,13H2. The fraction of sp³-hybridized carbons (Fsp3) is 0.500. The summed E-state index contributed by atoms with van der Waals surface area (Å²) >= 11 is 5.58. The van der Waals surface area contributed by atoms with E-state index in [-0.39, 0.29) is 0 Å². The van der Waals surface area contributed by atoms with E-state index in [4.69, 9.17) is 16.3 Å². The molecule has 0 aromatic heterocycles. The zero-order valence-electron chi connectivity index (χ0n) is 10.6. The van der Waals surface area contributed by atoms with E-state index < -0.39 is 0 Å². The molecule has 0 N–H and O–H groups in total. The molecule has 1 fully saturated rings. The molecule has 0 atom stereocenters. The van der Waals surface area contributed by atoms with Gasteiger partial charge in [0.05, 0.1) is 6.10 Å². The molecule has 0 bridgehead atoms. The minimum Gasteiger partial charge on any atom is -0.490 e. The summed E-state index contributed by atoms with van der Waals surface area (Å²) in [7, 11) is 0. The number of rotatable bonds is 3. The Morgan fingerprint density at radius 2 is 1.83 bits per heavy atom. The third kappa shape index (κ3) is 4.27. The fourth-order valence-electron chi connectivity index (χ4n) is 2.20. The second-order valence-electron chi connectivity index (χ2n) is 4.64. The van der Waals surface area contributed by atoms with Crippen LogP contribution in [0.15, 0.2) is 24.3 Å². The molecule has 0 unspecified atom stereocenters. The van der Waals surface area contributed by atoms with E-state index in [1.54, 1.807) is 0 Å². The molecule has 0 spiro atoms. The molecule has 1 nitrogen and oxygen atoms in total. The van der Waals surface area contributed by atoms with Crippen molar-refractivity contribution in [3.05, 3.63) is 29.8 Å². The molecule has 96 valence electrons. The van der Waals surface area contributed by atoms with Crippen LogP contribution in [0, 0.1) is 11.8 Å². The van der Waals surface area contributed by atoms with Gasteiger partial charge in [-0.2, -0.15) is 0 Å². The van der Waals surface area contributed by atoms with Crippen LogP contribution in [0.2, 0.25) is 0 Å². The molecule has 18 heavy (non-hydrogen) atoms. The summed E-state index contributed by atoms with van der Waals surface area (Å²) in [6.45, 7) is 0. The second-order valence-corrected chi connectivity index (χ2v) is 5.02. The summed E-state index contributed by atoms with van der Waals surface area (Å²) < 4.78 is 5.97. The van der Waals surface area contributed by atoms with Gasteiger partial charge in [-0.3, -0.25) is 0 Å². The van der Waals surface area contributed by atoms with E-state index in [9.17, 15) is 0 Å². The highest BCUT2D eigenvalue weighted by atomic mass is 35.5. The summed E-state index contributed by atoms with van der Waals surface area (Å²) in [4.78, 5) is 0. The lowest BCUT2D eigenvalue weighted by atomic mass is 9.98. The zero-order valence-corrected chi connectivity index (χ0v) is 11.4. The van der Waals surface area contributed by atoms with E-state index in [2.05, 4.69) is 11.8 Å². The van der Waals surface area contributed by atoms with Crippen molar-refractivity contribution in [3.63, 3.8) is 0 Å².